The average molecular weight is 304 g/mol. The number of hydrogen-bond donors (Lipinski definition) is 2. The zero-order chi connectivity index (χ0) is 14.6. The van der Waals surface area contributed by atoms with E-state index in [1.807, 2.05) is 0 Å². The summed E-state index contributed by atoms with van der Waals surface area (Å²) >= 11 is 0. The zero-order valence-corrected chi connectivity index (χ0v) is 13.6. The van der Waals surface area contributed by atoms with Crippen LogP contribution in [0.3, 0.4) is 0 Å². The van der Waals surface area contributed by atoms with E-state index in [-0.39, 0.29) is 5.60 Å². The Morgan fingerprint density at radius 2 is 1.44 bits per heavy atom. The van der Waals surface area contributed by atoms with Crippen LogP contribution in [-0.4, -0.2) is 22.0 Å². The van der Waals surface area contributed by atoms with Crippen molar-refractivity contribution in [2.45, 2.75) is 59.0 Å². The van der Waals surface area contributed by atoms with E-state index < -0.39 is 16.5 Å². The van der Waals surface area contributed by atoms with Crippen LogP contribution in [0.2, 0.25) is 0 Å². The number of hydrogen-bond acceptors (Lipinski definition) is 4. The van der Waals surface area contributed by atoms with Gasteiger partial charge in [-0.05, 0) is 26.2 Å². The first-order valence-corrected chi connectivity index (χ1v) is 8.67. The van der Waals surface area contributed by atoms with Gasteiger partial charge in [0.25, 0.3) is 0 Å². The van der Waals surface area contributed by atoms with Gasteiger partial charge in [0, 0.05) is 6.61 Å². The SMILES string of the molecule is CCCC(CC)(CC)OCC.O=[PH](O)O[PH](=O)O. The number of rotatable bonds is 8. The molecule has 0 aliphatic heterocycles. The molecule has 2 N–H and O–H groups in total. The summed E-state index contributed by atoms with van der Waals surface area (Å²) in [4.78, 5) is 15.4. The van der Waals surface area contributed by atoms with Crippen molar-refractivity contribution >= 4 is 16.5 Å². The molecular formula is C10H26O6P2. The lowest BCUT2D eigenvalue weighted by Gasteiger charge is -2.31. The summed E-state index contributed by atoms with van der Waals surface area (Å²) in [6, 6.07) is 0. The first-order chi connectivity index (χ1) is 8.37. The third-order valence-electron chi connectivity index (χ3n) is 2.62. The van der Waals surface area contributed by atoms with Gasteiger partial charge in [-0.3, -0.25) is 9.13 Å². The third-order valence-corrected chi connectivity index (χ3v) is 4.02. The fourth-order valence-corrected chi connectivity index (χ4v) is 2.31. The van der Waals surface area contributed by atoms with Crippen LogP contribution >= 0.6 is 16.5 Å². The van der Waals surface area contributed by atoms with Gasteiger partial charge in [0.2, 0.25) is 0 Å². The summed E-state index contributed by atoms with van der Waals surface area (Å²) in [5, 5.41) is 0. The summed E-state index contributed by atoms with van der Waals surface area (Å²) in [7, 11) is -6.40. The maximum Gasteiger partial charge on any atom is 0.323 e. The van der Waals surface area contributed by atoms with E-state index in [9.17, 15) is 9.13 Å². The molecule has 18 heavy (non-hydrogen) atoms. The summed E-state index contributed by atoms with van der Waals surface area (Å²) in [6.45, 7) is 9.58. The first kappa shape index (κ1) is 20.6. The van der Waals surface area contributed by atoms with Crippen molar-refractivity contribution in [3.05, 3.63) is 0 Å². The summed E-state index contributed by atoms with van der Waals surface area (Å²) < 4.78 is 28.1. The van der Waals surface area contributed by atoms with E-state index in [2.05, 4.69) is 32.0 Å². The van der Waals surface area contributed by atoms with Gasteiger partial charge in [0.1, 0.15) is 0 Å². The molecular weight excluding hydrogens is 278 g/mol. The van der Waals surface area contributed by atoms with E-state index in [1.165, 1.54) is 12.8 Å². The lowest BCUT2D eigenvalue weighted by molar-refractivity contribution is -0.0515. The Labute approximate surface area is 111 Å². The molecule has 0 aromatic heterocycles. The van der Waals surface area contributed by atoms with Gasteiger partial charge in [-0.15, -0.1) is 0 Å². The van der Waals surface area contributed by atoms with E-state index in [4.69, 9.17) is 14.5 Å². The Hall–Kier alpha value is 0.300. The second-order valence-electron chi connectivity index (χ2n) is 3.71. The molecule has 0 fully saturated rings. The van der Waals surface area contributed by atoms with Crippen LogP contribution in [0.1, 0.15) is 53.4 Å². The van der Waals surface area contributed by atoms with Crippen LogP contribution in [0, 0.1) is 0 Å². The lowest BCUT2D eigenvalue weighted by atomic mass is 9.92. The topological polar surface area (TPSA) is 93.1 Å². The highest BCUT2D eigenvalue weighted by molar-refractivity contribution is 7.46. The van der Waals surface area contributed by atoms with Gasteiger partial charge in [-0.1, -0.05) is 27.2 Å². The van der Waals surface area contributed by atoms with Crippen LogP contribution < -0.4 is 0 Å². The maximum absolute atomic E-state index is 9.44. The predicted octanol–water partition coefficient (Wildman–Crippen LogP) is 3.15. The lowest BCUT2D eigenvalue weighted by Crippen LogP contribution is -2.30. The van der Waals surface area contributed by atoms with Crippen molar-refractivity contribution in [3.8, 4) is 0 Å². The Bertz CT molecular complexity index is 223. The Morgan fingerprint density at radius 3 is 1.61 bits per heavy atom. The van der Waals surface area contributed by atoms with Gasteiger partial charge < -0.3 is 14.5 Å². The average Bonchev–Trinajstić information content (AvgIpc) is 2.27. The first-order valence-electron chi connectivity index (χ1n) is 6.15. The quantitative estimate of drug-likeness (QED) is 0.669. The summed E-state index contributed by atoms with van der Waals surface area (Å²) in [5.41, 5.74) is 0.184. The monoisotopic (exact) mass is 304 g/mol. The van der Waals surface area contributed by atoms with Crippen molar-refractivity contribution in [1.82, 2.24) is 0 Å². The van der Waals surface area contributed by atoms with Crippen LogP contribution in [0.5, 0.6) is 0 Å². The highest BCUT2D eigenvalue weighted by atomic mass is 31.2. The molecule has 6 nitrogen and oxygen atoms in total. The minimum atomic E-state index is -3.20. The van der Waals surface area contributed by atoms with Gasteiger partial charge in [0.05, 0.1) is 5.60 Å². The van der Waals surface area contributed by atoms with Crippen molar-refractivity contribution < 1.29 is 28.0 Å². The molecule has 0 radical (unpaired) electrons. The smallest absolute Gasteiger partial charge is 0.323 e. The van der Waals surface area contributed by atoms with Crippen LogP contribution in [-0.2, 0) is 18.2 Å². The Balaban J connectivity index is 0. The molecule has 0 saturated heterocycles. The van der Waals surface area contributed by atoms with E-state index in [0.29, 0.717) is 0 Å². The molecule has 0 aromatic carbocycles. The molecule has 0 bridgehead atoms. The van der Waals surface area contributed by atoms with Gasteiger partial charge in [0.15, 0.2) is 0 Å². The van der Waals surface area contributed by atoms with Crippen molar-refractivity contribution in [1.29, 1.82) is 0 Å². The van der Waals surface area contributed by atoms with Crippen molar-refractivity contribution in [2.75, 3.05) is 6.61 Å². The zero-order valence-electron chi connectivity index (χ0n) is 11.6. The molecule has 2 unspecified atom stereocenters. The molecule has 0 amide bonds. The van der Waals surface area contributed by atoms with E-state index in [1.54, 1.807) is 0 Å². The fourth-order valence-electron chi connectivity index (χ4n) is 1.72. The van der Waals surface area contributed by atoms with E-state index in [0.717, 1.165) is 19.4 Å². The highest BCUT2D eigenvalue weighted by Crippen LogP contribution is 2.30. The van der Waals surface area contributed by atoms with Gasteiger partial charge in [-0.2, -0.15) is 0 Å². The molecule has 0 aromatic rings. The van der Waals surface area contributed by atoms with E-state index >= 15 is 0 Å². The van der Waals surface area contributed by atoms with Crippen LogP contribution in [0.15, 0.2) is 0 Å². The summed E-state index contributed by atoms with van der Waals surface area (Å²) in [5.74, 6) is 0. The van der Waals surface area contributed by atoms with Crippen LogP contribution in [0.25, 0.3) is 0 Å². The predicted molar refractivity (Wildman–Crippen MR) is 73.4 cm³/mol. The van der Waals surface area contributed by atoms with Gasteiger partial charge >= 0.3 is 16.5 Å². The second kappa shape index (κ2) is 12.3. The molecule has 0 aliphatic carbocycles. The minimum Gasteiger partial charge on any atom is -0.375 e. The van der Waals surface area contributed by atoms with Crippen molar-refractivity contribution in [2.24, 2.45) is 0 Å². The molecule has 0 rings (SSSR count). The third kappa shape index (κ3) is 11.4. The fraction of sp³-hybridized carbons (Fsp3) is 1.00. The molecule has 8 heteroatoms. The van der Waals surface area contributed by atoms with Gasteiger partial charge in [-0.25, -0.2) is 4.31 Å². The molecule has 112 valence electrons. The van der Waals surface area contributed by atoms with Crippen LogP contribution in [0.4, 0.5) is 0 Å². The number of ether oxygens (including phenoxy) is 1. The Kier molecular flexibility index (Phi) is 14.1. The Morgan fingerprint density at radius 1 is 1.00 bits per heavy atom. The maximum atomic E-state index is 9.44. The highest BCUT2D eigenvalue weighted by Gasteiger charge is 2.24. The molecule has 0 heterocycles. The van der Waals surface area contributed by atoms with Crippen molar-refractivity contribution in [3.63, 3.8) is 0 Å². The molecule has 0 spiro atoms. The molecule has 0 aliphatic rings. The minimum absolute atomic E-state index is 0.184. The largest absolute Gasteiger partial charge is 0.375 e. The second-order valence-corrected chi connectivity index (χ2v) is 5.59. The molecule has 0 saturated carbocycles. The molecule has 2 atom stereocenters. The summed E-state index contributed by atoms with van der Waals surface area (Å²) in [6.07, 6.45) is 4.71. The standard InChI is InChI=1S/C10H22O.H4O5P2/c1-5-9-10(6-2,7-3)11-8-4;1-6(2)5-7(3)4/h5-9H2,1-4H3;6-7H,(H,1,2)(H,3,4). The normalized spacial score (nSPS) is 14.6.